The van der Waals surface area contributed by atoms with E-state index in [-0.39, 0.29) is 6.04 Å². The van der Waals surface area contributed by atoms with Crippen molar-refractivity contribution in [2.75, 3.05) is 31.1 Å². The average Bonchev–Trinajstić information content (AvgIpc) is 2.63. The average molecular weight is 327 g/mol. The van der Waals surface area contributed by atoms with Gasteiger partial charge in [-0.2, -0.15) is 0 Å². The van der Waals surface area contributed by atoms with E-state index < -0.39 is 0 Å². The van der Waals surface area contributed by atoms with Crippen LogP contribution < -0.4 is 10.2 Å². The van der Waals surface area contributed by atoms with E-state index in [2.05, 4.69) is 56.3 Å². The third kappa shape index (κ3) is 3.96. The standard InChI is InChI=1S/C17H21N5S/c1-14(15-6-3-2-4-7-15)20-17(23)22-12-10-21(11-13-22)16-18-8-5-9-19-16/h2-9,14H,10-13H2,1H3,(H,20,23). The zero-order valence-electron chi connectivity index (χ0n) is 13.2. The molecule has 2 heterocycles. The van der Waals surface area contributed by atoms with Crippen LogP contribution in [-0.2, 0) is 0 Å². The van der Waals surface area contributed by atoms with Crippen LogP contribution >= 0.6 is 12.2 Å². The van der Waals surface area contributed by atoms with Crippen LogP contribution in [0.3, 0.4) is 0 Å². The Balaban J connectivity index is 1.52. The molecule has 0 aliphatic carbocycles. The van der Waals surface area contributed by atoms with Crippen molar-refractivity contribution in [1.29, 1.82) is 0 Å². The van der Waals surface area contributed by atoms with Gasteiger partial charge in [0.25, 0.3) is 0 Å². The highest BCUT2D eigenvalue weighted by atomic mass is 32.1. The Morgan fingerprint density at radius 3 is 2.35 bits per heavy atom. The van der Waals surface area contributed by atoms with Crippen molar-refractivity contribution in [2.24, 2.45) is 0 Å². The fraction of sp³-hybridized carbons (Fsp3) is 0.353. The second-order valence-electron chi connectivity index (χ2n) is 5.60. The van der Waals surface area contributed by atoms with Gasteiger partial charge in [0, 0.05) is 38.6 Å². The zero-order valence-corrected chi connectivity index (χ0v) is 14.0. The van der Waals surface area contributed by atoms with Crippen molar-refractivity contribution in [3.8, 4) is 0 Å². The Labute approximate surface area is 142 Å². The van der Waals surface area contributed by atoms with Crippen molar-refractivity contribution in [2.45, 2.75) is 13.0 Å². The molecule has 1 aromatic carbocycles. The zero-order chi connectivity index (χ0) is 16.1. The van der Waals surface area contributed by atoms with E-state index in [4.69, 9.17) is 12.2 Å². The number of piperazine rings is 1. The number of hydrogen-bond donors (Lipinski definition) is 1. The summed E-state index contributed by atoms with van der Waals surface area (Å²) in [4.78, 5) is 13.0. The van der Waals surface area contributed by atoms with E-state index >= 15 is 0 Å². The summed E-state index contributed by atoms with van der Waals surface area (Å²) in [6, 6.07) is 12.4. The van der Waals surface area contributed by atoms with Gasteiger partial charge in [0.1, 0.15) is 0 Å². The molecule has 3 rings (SSSR count). The first-order valence-electron chi connectivity index (χ1n) is 7.86. The number of thiocarbonyl (C=S) groups is 1. The van der Waals surface area contributed by atoms with Crippen molar-refractivity contribution < 1.29 is 0 Å². The number of nitrogens with one attached hydrogen (secondary N) is 1. The number of rotatable bonds is 3. The first-order valence-corrected chi connectivity index (χ1v) is 8.27. The SMILES string of the molecule is CC(NC(=S)N1CCN(c2ncccn2)CC1)c1ccccc1. The quantitative estimate of drug-likeness (QED) is 0.872. The molecular weight excluding hydrogens is 306 g/mol. The first-order chi connectivity index (χ1) is 11.2. The molecule has 1 unspecified atom stereocenters. The maximum absolute atomic E-state index is 5.57. The second-order valence-corrected chi connectivity index (χ2v) is 5.99. The molecule has 0 bridgehead atoms. The molecule has 1 N–H and O–H groups in total. The Morgan fingerprint density at radius 2 is 1.70 bits per heavy atom. The summed E-state index contributed by atoms with van der Waals surface area (Å²) in [5.41, 5.74) is 1.24. The van der Waals surface area contributed by atoms with Gasteiger partial charge < -0.3 is 15.1 Å². The van der Waals surface area contributed by atoms with Crippen LogP contribution in [0, 0.1) is 0 Å². The van der Waals surface area contributed by atoms with Gasteiger partial charge in [0.15, 0.2) is 5.11 Å². The summed E-state index contributed by atoms with van der Waals surface area (Å²) in [6.45, 7) is 5.66. The highest BCUT2D eigenvalue weighted by molar-refractivity contribution is 7.80. The lowest BCUT2D eigenvalue weighted by molar-refractivity contribution is 0.373. The molecule has 6 heteroatoms. The molecule has 0 radical (unpaired) electrons. The third-order valence-electron chi connectivity index (χ3n) is 4.04. The third-order valence-corrected chi connectivity index (χ3v) is 4.42. The number of anilines is 1. The van der Waals surface area contributed by atoms with Gasteiger partial charge in [0.2, 0.25) is 5.95 Å². The molecular formula is C17H21N5S. The molecule has 2 aromatic rings. The lowest BCUT2D eigenvalue weighted by atomic mass is 10.1. The topological polar surface area (TPSA) is 44.3 Å². The molecule has 1 aliphatic heterocycles. The molecule has 0 amide bonds. The molecule has 120 valence electrons. The summed E-state index contributed by atoms with van der Waals surface area (Å²) < 4.78 is 0. The molecule has 0 spiro atoms. The van der Waals surface area contributed by atoms with Gasteiger partial charge in [-0.1, -0.05) is 30.3 Å². The summed E-state index contributed by atoms with van der Waals surface area (Å²) in [5, 5.41) is 4.24. The predicted molar refractivity (Wildman–Crippen MR) is 96.4 cm³/mol. The van der Waals surface area contributed by atoms with E-state index in [9.17, 15) is 0 Å². The lowest BCUT2D eigenvalue weighted by Crippen LogP contribution is -2.52. The fourth-order valence-corrected chi connectivity index (χ4v) is 3.02. The van der Waals surface area contributed by atoms with Gasteiger partial charge >= 0.3 is 0 Å². The van der Waals surface area contributed by atoms with Crippen LogP contribution in [0.15, 0.2) is 48.8 Å². The van der Waals surface area contributed by atoms with E-state index in [1.807, 2.05) is 12.1 Å². The molecule has 1 fully saturated rings. The molecule has 1 aliphatic rings. The maximum Gasteiger partial charge on any atom is 0.225 e. The van der Waals surface area contributed by atoms with Crippen LogP contribution in [0.2, 0.25) is 0 Å². The minimum atomic E-state index is 0.208. The Morgan fingerprint density at radius 1 is 1.04 bits per heavy atom. The molecule has 23 heavy (non-hydrogen) atoms. The smallest absolute Gasteiger partial charge is 0.225 e. The van der Waals surface area contributed by atoms with Gasteiger partial charge in [-0.3, -0.25) is 0 Å². The lowest BCUT2D eigenvalue weighted by Gasteiger charge is -2.36. The van der Waals surface area contributed by atoms with E-state index in [1.54, 1.807) is 12.4 Å². The van der Waals surface area contributed by atoms with Crippen molar-refractivity contribution in [3.63, 3.8) is 0 Å². The largest absolute Gasteiger partial charge is 0.356 e. The second kappa shape index (κ2) is 7.37. The predicted octanol–water partition coefficient (Wildman–Crippen LogP) is 2.23. The summed E-state index contributed by atoms with van der Waals surface area (Å²) in [7, 11) is 0. The number of nitrogens with zero attached hydrogens (tertiary/aromatic N) is 4. The highest BCUT2D eigenvalue weighted by Crippen LogP contribution is 2.13. The van der Waals surface area contributed by atoms with Crippen LogP contribution in [0.25, 0.3) is 0 Å². The monoisotopic (exact) mass is 327 g/mol. The van der Waals surface area contributed by atoms with Gasteiger partial charge in [0.05, 0.1) is 6.04 Å². The normalized spacial score (nSPS) is 16.0. The van der Waals surface area contributed by atoms with Crippen molar-refractivity contribution in [1.82, 2.24) is 20.2 Å². The fourth-order valence-electron chi connectivity index (χ4n) is 2.67. The molecule has 1 aromatic heterocycles. The van der Waals surface area contributed by atoms with Gasteiger partial charge in [-0.15, -0.1) is 0 Å². The van der Waals surface area contributed by atoms with Crippen molar-refractivity contribution in [3.05, 3.63) is 54.4 Å². The number of aromatic nitrogens is 2. The van der Waals surface area contributed by atoms with Gasteiger partial charge in [-0.25, -0.2) is 9.97 Å². The van der Waals surface area contributed by atoms with E-state index in [0.29, 0.717) is 0 Å². The Bertz CT molecular complexity index is 626. The first kappa shape index (κ1) is 15.7. The maximum atomic E-state index is 5.57. The number of hydrogen-bond acceptors (Lipinski definition) is 4. The van der Waals surface area contributed by atoms with Crippen molar-refractivity contribution >= 4 is 23.3 Å². The molecule has 0 saturated carbocycles. The summed E-state index contributed by atoms with van der Waals surface area (Å²) >= 11 is 5.57. The summed E-state index contributed by atoms with van der Waals surface area (Å²) in [6.07, 6.45) is 3.56. The summed E-state index contributed by atoms with van der Waals surface area (Å²) in [5.74, 6) is 0.795. The van der Waals surface area contributed by atoms with Gasteiger partial charge in [-0.05, 0) is 30.8 Å². The van der Waals surface area contributed by atoms with Crippen LogP contribution in [-0.4, -0.2) is 46.2 Å². The minimum Gasteiger partial charge on any atom is -0.356 e. The van der Waals surface area contributed by atoms with Crippen LogP contribution in [0.4, 0.5) is 5.95 Å². The Kier molecular flexibility index (Phi) is 5.02. The molecule has 5 nitrogen and oxygen atoms in total. The highest BCUT2D eigenvalue weighted by Gasteiger charge is 2.21. The van der Waals surface area contributed by atoms with E-state index in [1.165, 1.54) is 5.56 Å². The molecule has 1 atom stereocenters. The van der Waals surface area contributed by atoms with Crippen LogP contribution in [0.1, 0.15) is 18.5 Å². The van der Waals surface area contributed by atoms with Crippen LogP contribution in [0.5, 0.6) is 0 Å². The Hall–Kier alpha value is -2.21. The minimum absolute atomic E-state index is 0.208. The molecule has 1 saturated heterocycles. The van der Waals surface area contributed by atoms with E-state index in [0.717, 1.165) is 37.2 Å². The number of benzene rings is 1.